The van der Waals surface area contributed by atoms with Gasteiger partial charge in [-0.05, 0) is 33.6 Å². The summed E-state index contributed by atoms with van der Waals surface area (Å²) in [5, 5.41) is 8.53. The number of ether oxygens (including phenoxy) is 1. The minimum atomic E-state index is -3.34. The Morgan fingerprint density at radius 2 is 2.19 bits per heavy atom. The fourth-order valence-electron chi connectivity index (χ4n) is 1.22. The molecule has 0 radical (unpaired) electrons. The molecule has 0 aliphatic heterocycles. The van der Waals surface area contributed by atoms with Gasteiger partial charge >= 0.3 is 0 Å². The first-order chi connectivity index (χ1) is 7.42. The van der Waals surface area contributed by atoms with Gasteiger partial charge in [0, 0.05) is 0 Å². The van der Waals surface area contributed by atoms with Crippen molar-refractivity contribution in [2.24, 2.45) is 5.73 Å². The third-order valence-corrected chi connectivity index (χ3v) is 2.82. The standard InChI is InChI=1S/C10H12BrF2NO2/c1-16-8-3-2-6(4-7(8)11)9(14)10(12,13)5-15/h2-4,9,15H,5,14H2,1H3. The van der Waals surface area contributed by atoms with E-state index in [0.717, 1.165) is 0 Å². The van der Waals surface area contributed by atoms with Gasteiger partial charge in [-0.1, -0.05) is 6.07 Å². The van der Waals surface area contributed by atoms with Crippen LogP contribution in [-0.2, 0) is 0 Å². The molecule has 0 heterocycles. The Balaban J connectivity index is 3.02. The van der Waals surface area contributed by atoms with Gasteiger partial charge in [0.15, 0.2) is 0 Å². The van der Waals surface area contributed by atoms with Crippen molar-refractivity contribution >= 4 is 15.9 Å². The monoisotopic (exact) mass is 295 g/mol. The first-order valence-electron chi connectivity index (χ1n) is 4.50. The minimum absolute atomic E-state index is 0.228. The number of hydrogen-bond acceptors (Lipinski definition) is 3. The number of aliphatic hydroxyl groups is 1. The molecule has 1 aromatic carbocycles. The molecule has 0 fully saturated rings. The van der Waals surface area contributed by atoms with E-state index in [0.29, 0.717) is 10.2 Å². The number of halogens is 3. The van der Waals surface area contributed by atoms with Crippen molar-refractivity contribution in [2.75, 3.05) is 13.7 Å². The first kappa shape index (κ1) is 13.3. The summed E-state index contributed by atoms with van der Waals surface area (Å²) in [5.74, 6) is -2.81. The third kappa shape index (κ3) is 2.69. The van der Waals surface area contributed by atoms with E-state index in [2.05, 4.69) is 15.9 Å². The Morgan fingerprint density at radius 3 is 2.62 bits per heavy atom. The molecule has 1 atom stereocenters. The summed E-state index contributed by atoms with van der Waals surface area (Å²) in [7, 11) is 1.47. The molecule has 1 unspecified atom stereocenters. The molecule has 1 aromatic rings. The second-order valence-electron chi connectivity index (χ2n) is 3.29. The minimum Gasteiger partial charge on any atom is -0.496 e. The van der Waals surface area contributed by atoms with E-state index >= 15 is 0 Å². The van der Waals surface area contributed by atoms with Crippen LogP contribution in [0.5, 0.6) is 5.75 Å². The van der Waals surface area contributed by atoms with Gasteiger partial charge in [0.1, 0.15) is 12.4 Å². The van der Waals surface area contributed by atoms with Gasteiger partial charge < -0.3 is 15.6 Å². The Kier molecular flexibility index (Phi) is 4.23. The van der Waals surface area contributed by atoms with Gasteiger partial charge in [0.2, 0.25) is 0 Å². The van der Waals surface area contributed by atoms with Crippen LogP contribution in [0.25, 0.3) is 0 Å². The molecule has 0 aromatic heterocycles. The van der Waals surface area contributed by atoms with E-state index in [1.807, 2.05) is 0 Å². The van der Waals surface area contributed by atoms with E-state index in [9.17, 15) is 8.78 Å². The highest BCUT2D eigenvalue weighted by molar-refractivity contribution is 9.10. The number of benzene rings is 1. The lowest BCUT2D eigenvalue weighted by Gasteiger charge is -2.22. The summed E-state index contributed by atoms with van der Waals surface area (Å²) >= 11 is 3.18. The second-order valence-corrected chi connectivity index (χ2v) is 4.15. The predicted octanol–water partition coefficient (Wildman–Crippen LogP) is 2.09. The van der Waals surface area contributed by atoms with Crippen molar-refractivity contribution in [1.82, 2.24) is 0 Å². The summed E-state index contributed by atoms with van der Waals surface area (Å²) < 4.78 is 31.8. The molecule has 3 nitrogen and oxygen atoms in total. The molecule has 0 amide bonds. The fourth-order valence-corrected chi connectivity index (χ4v) is 1.78. The van der Waals surface area contributed by atoms with Gasteiger partial charge in [0.05, 0.1) is 17.6 Å². The molecule has 0 saturated carbocycles. The number of nitrogens with two attached hydrogens (primary N) is 1. The quantitative estimate of drug-likeness (QED) is 0.894. The highest BCUT2D eigenvalue weighted by Gasteiger charge is 2.37. The summed E-state index contributed by atoms with van der Waals surface area (Å²) in [5.41, 5.74) is 5.60. The Morgan fingerprint density at radius 1 is 1.56 bits per heavy atom. The molecule has 0 bridgehead atoms. The van der Waals surface area contributed by atoms with E-state index < -0.39 is 18.6 Å². The zero-order valence-electron chi connectivity index (χ0n) is 8.58. The van der Waals surface area contributed by atoms with Gasteiger partial charge in [0.25, 0.3) is 5.92 Å². The van der Waals surface area contributed by atoms with Crippen molar-refractivity contribution in [1.29, 1.82) is 0 Å². The second kappa shape index (κ2) is 5.07. The van der Waals surface area contributed by atoms with E-state index in [1.54, 1.807) is 0 Å². The molecular weight excluding hydrogens is 284 g/mol. The summed E-state index contributed by atoms with van der Waals surface area (Å²) in [6.07, 6.45) is 0. The maximum atomic E-state index is 13.1. The first-order valence-corrected chi connectivity index (χ1v) is 5.29. The fraction of sp³-hybridized carbons (Fsp3) is 0.400. The van der Waals surface area contributed by atoms with Crippen LogP contribution >= 0.6 is 15.9 Å². The normalized spacial score (nSPS) is 13.6. The van der Waals surface area contributed by atoms with Crippen molar-refractivity contribution in [3.63, 3.8) is 0 Å². The molecule has 6 heteroatoms. The lowest BCUT2D eigenvalue weighted by Crippen LogP contribution is -2.36. The molecule has 0 aliphatic rings. The topological polar surface area (TPSA) is 55.5 Å². The van der Waals surface area contributed by atoms with Crippen LogP contribution in [0.15, 0.2) is 22.7 Å². The van der Waals surface area contributed by atoms with Crippen molar-refractivity contribution in [3.8, 4) is 5.75 Å². The smallest absolute Gasteiger partial charge is 0.289 e. The Hall–Kier alpha value is -0.720. The molecule has 0 spiro atoms. The maximum absolute atomic E-state index is 13.1. The summed E-state index contributed by atoms with van der Waals surface area (Å²) in [6, 6.07) is 2.89. The van der Waals surface area contributed by atoms with E-state index in [1.165, 1.54) is 25.3 Å². The van der Waals surface area contributed by atoms with Crippen LogP contribution in [0.1, 0.15) is 11.6 Å². The molecule has 0 saturated heterocycles. The molecule has 3 N–H and O–H groups in total. The van der Waals surface area contributed by atoms with Crippen LogP contribution < -0.4 is 10.5 Å². The highest BCUT2D eigenvalue weighted by Crippen LogP contribution is 2.33. The van der Waals surface area contributed by atoms with Crippen LogP contribution in [0, 0.1) is 0 Å². The molecule has 16 heavy (non-hydrogen) atoms. The number of rotatable bonds is 4. The van der Waals surface area contributed by atoms with Gasteiger partial charge in [-0.15, -0.1) is 0 Å². The summed E-state index contributed by atoms with van der Waals surface area (Å²) in [4.78, 5) is 0. The van der Waals surface area contributed by atoms with Gasteiger partial charge in [-0.3, -0.25) is 0 Å². The molecule has 90 valence electrons. The van der Waals surface area contributed by atoms with Crippen molar-refractivity contribution in [3.05, 3.63) is 28.2 Å². The van der Waals surface area contributed by atoms with Crippen LogP contribution in [0.3, 0.4) is 0 Å². The van der Waals surface area contributed by atoms with Crippen LogP contribution in [-0.4, -0.2) is 24.7 Å². The zero-order valence-corrected chi connectivity index (χ0v) is 10.2. The Labute approximate surface area is 100 Å². The molecule has 1 rings (SSSR count). The maximum Gasteiger partial charge on any atom is 0.289 e. The lowest BCUT2D eigenvalue weighted by atomic mass is 10.0. The zero-order chi connectivity index (χ0) is 12.3. The largest absolute Gasteiger partial charge is 0.496 e. The predicted molar refractivity (Wildman–Crippen MR) is 59.7 cm³/mol. The third-order valence-electron chi connectivity index (χ3n) is 2.20. The van der Waals surface area contributed by atoms with Crippen molar-refractivity contribution < 1.29 is 18.6 Å². The van der Waals surface area contributed by atoms with E-state index in [4.69, 9.17) is 15.6 Å². The average molecular weight is 296 g/mol. The lowest BCUT2D eigenvalue weighted by molar-refractivity contribution is -0.0712. The SMILES string of the molecule is COc1ccc(C(N)C(F)(F)CO)cc1Br. The van der Waals surface area contributed by atoms with E-state index in [-0.39, 0.29) is 5.56 Å². The Bertz CT molecular complexity index is 374. The molecular formula is C10H12BrF2NO2. The molecule has 0 aliphatic carbocycles. The van der Waals surface area contributed by atoms with Crippen LogP contribution in [0.4, 0.5) is 8.78 Å². The number of alkyl halides is 2. The number of methoxy groups -OCH3 is 1. The summed E-state index contributed by atoms with van der Waals surface area (Å²) in [6.45, 7) is -1.28. The number of hydrogen-bond donors (Lipinski definition) is 2. The highest BCUT2D eigenvalue weighted by atomic mass is 79.9. The van der Waals surface area contributed by atoms with Gasteiger partial charge in [-0.2, -0.15) is 0 Å². The van der Waals surface area contributed by atoms with Crippen LogP contribution in [0.2, 0.25) is 0 Å². The van der Waals surface area contributed by atoms with Gasteiger partial charge in [-0.25, -0.2) is 8.78 Å². The number of aliphatic hydroxyl groups excluding tert-OH is 1. The average Bonchev–Trinajstić information content (AvgIpc) is 2.27. The van der Waals surface area contributed by atoms with Crippen molar-refractivity contribution in [2.45, 2.75) is 12.0 Å².